The second-order valence-corrected chi connectivity index (χ2v) is 11.4. The monoisotopic (exact) mass is 507 g/mol. The molecule has 4 nitrogen and oxygen atoms in total. The van der Waals surface area contributed by atoms with Crippen molar-refractivity contribution in [2.75, 3.05) is 0 Å². The smallest absolute Gasteiger partial charge is 0.391 e. The molecular formula is C27H29ClF3NO3. The molecule has 0 spiro atoms. The molecule has 4 unspecified atom stereocenters. The van der Waals surface area contributed by atoms with Gasteiger partial charge in [-0.3, -0.25) is 9.69 Å². The first-order valence-corrected chi connectivity index (χ1v) is 13.0. The van der Waals surface area contributed by atoms with E-state index in [1.54, 1.807) is 0 Å². The zero-order valence-electron chi connectivity index (χ0n) is 19.4. The Hall–Kier alpha value is -1.99. The lowest BCUT2D eigenvalue weighted by Gasteiger charge is -2.68. The first-order chi connectivity index (χ1) is 16.7. The van der Waals surface area contributed by atoms with Crippen LogP contribution < -0.4 is 4.74 Å². The Labute approximate surface area is 207 Å². The molecule has 1 N–H and O–H groups in total. The molecule has 5 aliphatic rings. The first kappa shape index (κ1) is 23.4. The van der Waals surface area contributed by atoms with Gasteiger partial charge in [0.2, 0.25) is 0 Å². The summed E-state index contributed by atoms with van der Waals surface area (Å²) < 4.78 is 44.9. The summed E-state index contributed by atoms with van der Waals surface area (Å²) in [7, 11) is 0. The molecule has 3 saturated carbocycles. The maximum atomic E-state index is 12.9. The lowest BCUT2D eigenvalue weighted by Crippen LogP contribution is -2.73. The number of rotatable bonds is 5. The van der Waals surface area contributed by atoms with E-state index in [9.17, 15) is 23.1 Å². The van der Waals surface area contributed by atoms with Crippen LogP contribution in [0.4, 0.5) is 13.2 Å². The lowest BCUT2D eigenvalue weighted by molar-refractivity contribution is -0.217. The van der Waals surface area contributed by atoms with Crippen LogP contribution in [0.15, 0.2) is 30.3 Å². The van der Waals surface area contributed by atoms with E-state index in [1.807, 2.05) is 18.2 Å². The number of hydrogen-bond donors (Lipinski definition) is 1. The molecule has 2 heterocycles. The Bertz CT molecular complexity index is 1160. The Morgan fingerprint density at radius 1 is 1.09 bits per heavy atom. The fourth-order valence-corrected chi connectivity index (χ4v) is 7.64. The third kappa shape index (κ3) is 3.81. The van der Waals surface area contributed by atoms with Gasteiger partial charge < -0.3 is 9.84 Å². The summed E-state index contributed by atoms with van der Waals surface area (Å²) in [6.07, 6.45) is 0.161. The average molecular weight is 508 g/mol. The van der Waals surface area contributed by atoms with Crippen LogP contribution in [0, 0.1) is 17.3 Å². The number of fused-ring (bicyclic) bond motifs is 2. The van der Waals surface area contributed by atoms with Gasteiger partial charge in [-0.2, -0.15) is 13.2 Å². The maximum Gasteiger partial charge on any atom is 0.391 e. The van der Waals surface area contributed by atoms with Crippen molar-refractivity contribution in [1.82, 2.24) is 4.90 Å². The molecule has 35 heavy (non-hydrogen) atoms. The van der Waals surface area contributed by atoms with Crippen LogP contribution in [-0.2, 0) is 11.3 Å². The van der Waals surface area contributed by atoms with Crippen LogP contribution >= 0.6 is 11.6 Å². The van der Waals surface area contributed by atoms with Crippen LogP contribution in [0.5, 0.6) is 5.75 Å². The largest absolute Gasteiger partial charge is 0.489 e. The van der Waals surface area contributed by atoms with Gasteiger partial charge in [0.25, 0.3) is 0 Å². The molecule has 8 heteroatoms. The van der Waals surface area contributed by atoms with Crippen molar-refractivity contribution >= 4 is 28.3 Å². The van der Waals surface area contributed by atoms with E-state index in [2.05, 4.69) is 17.0 Å². The number of benzene rings is 2. The van der Waals surface area contributed by atoms with Crippen molar-refractivity contribution in [1.29, 1.82) is 0 Å². The fraction of sp³-hybridized carbons (Fsp3) is 0.593. The number of carboxylic acids is 1. The molecule has 3 aliphatic carbocycles. The minimum absolute atomic E-state index is 0.0929. The molecule has 0 aromatic heterocycles. The van der Waals surface area contributed by atoms with Crippen LogP contribution in [0.1, 0.15) is 56.9 Å². The summed E-state index contributed by atoms with van der Waals surface area (Å²) in [5.41, 5.74) is 0.691. The average Bonchev–Trinajstić information content (AvgIpc) is 2.81. The first-order valence-electron chi connectivity index (χ1n) is 12.6. The third-order valence-electron chi connectivity index (χ3n) is 9.26. The van der Waals surface area contributed by atoms with Crippen molar-refractivity contribution in [2.24, 2.45) is 17.3 Å². The third-order valence-corrected chi connectivity index (χ3v) is 9.65. The number of halogens is 4. The van der Waals surface area contributed by atoms with Crippen LogP contribution in [0.3, 0.4) is 0 Å². The lowest BCUT2D eigenvalue weighted by atomic mass is 9.46. The highest BCUT2D eigenvalue weighted by molar-refractivity contribution is 6.37. The second kappa shape index (κ2) is 8.27. The molecular weight excluding hydrogens is 479 g/mol. The van der Waals surface area contributed by atoms with Crippen LogP contribution in [0.25, 0.3) is 10.8 Å². The number of carboxylic acid groups (broad SMARTS) is 1. The van der Waals surface area contributed by atoms with E-state index in [4.69, 9.17) is 16.3 Å². The molecule has 2 aromatic rings. The molecule has 2 saturated heterocycles. The van der Waals surface area contributed by atoms with Gasteiger partial charge in [0.1, 0.15) is 5.75 Å². The molecule has 0 amide bonds. The van der Waals surface area contributed by atoms with E-state index in [1.165, 1.54) is 5.56 Å². The van der Waals surface area contributed by atoms with E-state index >= 15 is 0 Å². The van der Waals surface area contributed by atoms with Crippen molar-refractivity contribution in [3.05, 3.63) is 40.9 Å². The van der Waals surface area contributed by atoms with Crippen LogP contribution in [-0.4, -0.2) is 40.3 Å². The molecule has 5 fully saturated rings. The molecule has 4 bridgehead atoms. The topological polar surface area (TPSA) is 49.8 Å². The number of alkyl halides is 3. The van der Waals surface area contributed by atoms with Gasteiger partial charge in [-0.25, -0.2) is 0 Å². The molecule has 2 aliphatic heterocycles. The van der Waals surface area contributed by atoms with Gasteiger partial charge >= 0.3 is 12.1 Å². The standard InChI is InChI=1S/C27H29ClF3NO3/c28-24-20-8-1-15(14-32-18-5-9-21-22(32)13-26(21,12-18)25(33)34)11-16(20)2-10-23(24)35-19-6-3-17(4-7-19)27(29,30)31/h1-2,8,10-11,17-19,21-22H,3-7,9,12-14H2,(H,33,34)/t17-,18?,19+,21?,22?,26?. The van der Waals surface area contributed by atoms with Gasteiger partial charge in [-0.1, -0.05) is 29.8 Å². The molecule has 188 valence electrons. The van der Waals surface area contributed by atoms with Gasteiger partial charge in [0, 0.05) is 24.0 Å². The Morgan fingerprint density at radius 2 is 1.86 bits per heavy atom. The van der Waals surface area contributed by atoms with E-state index in [0.717, 1.165) is 43.0 Å². The summed E-state index contributed by atoms with van der Waals surface area (Å²) in [5, 5.41) is 12.1. The molecule has 2 aromatic carbocycles. The normalized spacial score (nSPS) is 34.6. The van der Waals surface area contributed by atoms with E-state index in [0.29, 0.717) is 35.7 Å². The van der Waals surface area contributed by atoms with Crippen molar-refractivity contribution in [3.63, 3.8) is 0 Å². The predicted octanol–water partition coefficient (Wildman–Crippen LogP) is 6.82. The minimum atomic E-state index is -4.13. The molecule has 4 atom stereocenters. The Balaban J connectivity index is 1.14. The number of aliphatic carboxylic acids is 1. The van der Waals surface area contributed by atoms with Gasteiger partial charge in [-0.15, -0.1) is 0 Å². The Morgan fingerprint density at radius 3 is 2.51 bits per heavy atom. The molecule has 7 rings (SSSR count). The Kier molecular flexibility index (Phi) is 5.53. The zero-order chi connectivity index (χ0) is 24.5. The minimum Gasteiger partial charge on any atom is -0.489 e. The van der Waals surface area contributed by atoms with Crippen molar-refractivity contribution in [2.45, 2.75) is 82.3 Å². The summed E-state index contributed by atoms with van der Waals surface area (Å²) in [6.45, 7) is 0.801. The quantitative estimate of drug-likeness (QED) is 0.482. The summed E-state index contributed by atoms with van der Waals surface area (Å²) in [4.78, 5) is 14.4. The van der Waals surface area contributed by atoms with Gasteiger partial charge in [-0.05, 0) is 80.4 Å². The number of hydrogen-bond acceptors (Lipinski definition) is 3. The number of ether oxygens (including phenoxy) is 1. The second-order valence-electron chi connectivity index (χ2n) is 11.0. The highest BCUT2D eigenvalue weighted by atomic mass is 35.5. The zero-order valence-corrected chi connectivity index (χ0v) is 20.1. The number of carbonyl (C=O) groups is 1. The fourth-order valence-electron chi connectivity index (χ4n) is 7.36. The van der Waals surface area contributed by atoms with E-state index < -0.39 is 23.5 Å². The van der Waals surface area contributed by atoms with Crippen molar-refractivity contribution in [3.8, 4) is 5.75 Å². The van der Waals surface area contributed by atoms with Gasteiger partial charge in [0.15, 0.2) is 0 Å². The highest BCUT2D eigenvalue weighted by Gasteiger charge is 2.67. The maximum absolute atomic E-state index is 12.9. The SMILES string of the molecule is O=C(O)C12CC3CCC1C(C2)N3Cc1ccc2c(Cl)c(O[C@H]3CC[C@@H](C(F)(F)F)CC3)ccc2c1. The number of nitrogens with zero attached hydrogens (tertiary/aromatic N) is 1. The van der Waals surface area contributed by atoms with E-state index in [-0.39, 0.29) is 24.9 Å². The number of piperidine rings is 3. The van der Waals surface area contributed by atoms with Gasteiger partial charge in [0.05, 0.1) is 22.5 Å². The molecule has 0 radical (unpaired) electrons. The summed E-state index contributed by atoms with van der Waals surface area (Å²) >= 11 is 6.66. The summed E-state index contributed by atoms with van der Waals surface area (Å²) in [6, 6.07) is 10.7. The van der Waals surface area contributed by atoms with Crippen molar-refractivity contribution < 1.29 is 27.8 Å². The van der Waals surface area contributed by atoms with Crippen LogP contribution in [0.2, 0.25) is 5.02 Å². The summed E-state index contributed by atoms with van der Waals surface area (Å²) in [5.74, 6) is -1.06. The predicted molar refractivity (Wildman–Crippen MR) is 127 cm³/mol. The highest BCUT2D eigenvalue weighted by Crippen LogP contribution is 2.63.